The third kappa shape index (κ3) is 5.63. The normalized spacial score (nSPS) is 10.4. The minimum absolute atomic E-state index is 0.178. The molecule has 8 heteroatoms. The molecular formula is C19H19N5OS2. The first-order valence-corrected chi connectivity index (χ1v) is 9.74. The summed E-state index contributed by atoms with van der Waals surface area (Å²) in [5, 5.41) is 11.8. The van der Waals surface area contributed by atoms with Crippen LogP contribution in [0.5, 0.6) is 0 Å². The van der Waals surface area contributed by atoms with E-state index in [4.69, 9.17) is 12.2 Å². The zero-order chi connectivity index (χ0) is 19.1. The van der Waals surface area contributed by atoms with Crippen molar-refractivity contribution in [2.24, 2.45) is 0 Å². The molecule has 0 bridgehead atoms. The number of nitrogens with zero attached hydrogens (tertiary/aromatic N) is 3. The Kier molecular flexibility index (Phi) is 6.56. The number of aryl methyl sites for hydroxylation is 1. The molecule has 0 spiro atoms. The number of hydrogen-bond donors (Lipinski definition) is 2. The third-order valence-corrected chi connectivity index (χ3v) is 4.87. The second-order valence-corrected chi connectivity index (χ2v) is 7.14. The molecule has 1 aromatic heterocycles. The lowest BCUT2D eigenvalue weighted by molar-refractivity contribution is -0.119. The number of benzene rings is 2. The zero-order valence-electron chi connectivity index (χ0n) is 14.8. The van der Waals surface area contributed by atoms with E-state index in [9.17, 15) is 4.79 Å². The van der Waals surface area contributed by atoms with Crippen LogP contribution in [0.15, 0.2) is 65.8 Å². The van der Waals surface area contributed by atoms with Gasteiger partial charge in [-0.3, -0.25) is 10.2 Å². The monoisotopic (exact) mass is 397 g/mol. The summed E-state index contributed by atoms with van der Waals surface area (Å²) in [5.41, 5.74) is 5.10. The minimum Gasteiger partial charge on any atom is -0.302 e. The van der Waals surface area contributed by atoms with Crippen LogP contribution in [0.2, 0.25) is 0 Å². The first kappa shape index (κ1) is 19.1. The molecule has 2 N–H and O–H groups in total. The number of hydrogen-bond acceptors (Lipinski definition) is 5. The van der Waals surface area contributed by atoms with E-state index in [1.807, 2.05) is 55.5 Å². The van der Waals surface area contributed by atoms with E-state index >= 15 is 0 Å². The minimum atomic E-state index is -0.178. The van der Waals surface area contributed by atoms with Gasteiger partial charge in [0.15, 0.2) is 5.11 Å². The van der Waals surface area contributed by atoms with Gasteiger partial charge in [0.1, 0.15) is 5.82 Å². The van der Waals surface area contributed by atoms with E-state index in [-0.39, 0.29) is 17.4 Å². The molecule has 0 unspecified atom stereocenters. The predicted octanol–water partition coefficient (Wildman–Crippen LogP) is 3.07. The van der Waals surface area contributed by atoms with Crippen molar-refractivity contribution in [3.63, 3.8) is 0 Å². The van der Waals surface area contributed by atoms with Crippen molar-refractivity contribution < 1.29 is 4.79 Å². The maximum absolute atomic E-state index is 12.1. The number of thioether (sulfide) groups is 1. The highest BCUT2D eigenvalue weighted by Gasteiger charge is 2.12. The summed E-state index contributed by atoms with van der Waals surface area (Å²) in [6.45, 7) is 1.82. The Labute approximate surface area is 167 Å². The van der Waals surface area contributed by atoms with Crippen molar-refractivity contribution >= 4 is 35.0 Å². The van der Waals surface area contributed by atoms with Crippen molar-refractivity contribution in [1.82, 2.24) is 20.2 Å². The highest BCUT2D eigenvalue weighted by molar-refractivity contribution is 7.98. The van der Waals surface area contributed by atoms with Gasteiger partial charge in [0, 0.05) is 5.75 Å². The van der Waals surface area contributed by atoms with E-state index in [0.717, 1.165) is 11.3 Å². The predicted molar refractivity (Wildman–Crippen MR) is 111 cm³/mol. The Morgan fingerprint density at radius 1 is 1.04 bits per heavy atom. The number of amides is 1. The molecular weight excluding hydrogens is 378 g/mol. The van der Waals surface area contributed by atoms with Crippen molar-refractivity contribution in [1.29, 1.82) is 0 Å². The van der Waals surface area contributed by atoms with Gasteiger partial charge in [-0.05, 0) is 30.3 Å². The smallest absolute Gasteiger partial charge is 0.230 e. The average Bonchev–Trinajstić information content (AvgIpc) is 3.01. The van der Waals surface area contributed by atoms with Gasteiger partial charge in [0.25, 0.3) is 0 Å². The molecule has 138 valence electrons. The average molecular weight is 398 g/mol. The number of rotatable bonds is 6. The van der Waals surface area contributed by atoms with Gasteiger partial charge in [-0.2, -0.15) is 0 Å². The lowest BCUT2D eigenvalue weighted by Crippen LogP contribution is -2.39. The van der Waals surface area contributed by atoms with Crippen molar-refractivity contribution in [3.05, 3.63) is 77.6 Å². The molecule has 0 aliphatic rings. The second kappa shape index (κ2) is 9.29. The molecule has 6 nitrogen and oxygen atoms in total. The molecule has 0 aliphatic carbocycles. The Hall–Kier alpha value is -2.71. The fraction of sp³-hybridized carbons (Fsp3) is 0.158. The largest absolute Gasteiger partial charge is 0.302 e. The van der Waals surface area contributed by atoms with Crippen molar-refractivity contribution in [2.75, 3.05) is 5.43 Å². The highest BCUT2D eigenvalue weighted by atomic mass is 32.2. The first-order valence-electron chi connectivity index (χ1n) is 8.35. The number of aromatic nitrogens is 3. The number of carbonyl (C=O) groups excluding carboxylic acids is 1. The Morgan fingerprint density at radius 2 is 1.67 bits per heavy atom. The number of nitrogens with one attached hydrogen (secondary N) is 2. The van der Waals surface area contributed by atoms with Crippen molar-refractivity contribution in [3.8, 4) is 0 Å². The molecule has 27 heavy (non-hydrogen) atoms. The summed E-state index contributed by atoms with van der Waals surface area (Å²) in [5.74, 6) is 1.24. The maximum Gasteiger partial charge on any atom is 0.230 e. The SMILES string of the molecule is Cc1nnc(SCc2ccccc2)n1NC(=S)NC(=O)Cc1ccccc1. The van der Waals surface area contributed by atoms with Gasteiger partial charge in [-0.25, -0.2) is 4.68 Å². The molecule has 0 saturated carbocycles. The van der Waals surface area contributed by atoms with Crippen LogP contribution in [0.4, 0.5) is 0 Å². The summed E-state index contributed by atoms with van der Waals surface area (Å²) in [7, 11) is 0. The fourth-order valence-electron chi connectivity index (χ4n) is 2.37. The van der Waals surface area contributed by atoms with Crippen LogP contribution >= 0.6 is 24.0 Å². The fourth-order valence-corrected chi connectivity index (χ4v) is 3.47. The van der Waals surface area contributed by atoms with Crippen LogP contribution in [0.25, 0.3) is 0 Å². The Bertz CT molecular complexity index is 912. The molecule has 3 rings (SSSR count). The summed E-state index contributed by atoms with van der Waals surface area (Å²) in [4.78, 5) is 12.1. The summed E-state index contributed by atoms with van der Waals surface area (Å²) in [6.07, 6.45) is 0.263. The number of carbonyl (C=O) groups is 1. The molecule has 3 aromatic rings. The zero-order valence-corrected chi connectivity index (χ0v) is 16.4. The van der Waals surface area contributed by atoms with E-state index in [1.165, 1.54) is 17.3 Å². The van der Waals surface area contributed by atoms with Gasteiger partial charge in [-0.1, -0.05) is 72.4 Å². The summed E-state index contributed by atoms with van der Waals surface area (Å²) >= 11 is 6.80. The maximum atomic E-state index is 12.1. The molecule has 0 fully saturated rings. The van der Waals surface area contributed by atoms with Gasteiger partial charge >= 0.3 is 0 Å². The van der Waals surface area contributed by atoms with E-state index in [1.54, 1.807) is 4.68 Å². The third-order valence-electron chi connectivity index (χ3n) is 3.68. The topological polar surface area (TPSA) is 71.8 Å². The molecule has 1 amide bonds. The molecule has 0 radical (unpaired) electrons. The highest BCUT2D eigenvalue weighted by Crippen LogP contribution is 2.20. The van der Waals surface area contributed by atoms with E-state index in [2.05, 4.69) is 33.1 Å². The summed E-state index contributed by atoms with van der Waals surface area (Å²) < 4.78 is 1.68. The van der Waals surface area contributed by atoms with E-state index < -0.39 is 0 Å². The standard InChI is InChI=1S/C19H19N5OS2/c1-14-21-22-19(27-13-16-10-6-3-7-11-16)24(14)23-18(26)20-17(25)12-15-8-4-2-5-9-15/h2-11H,12-13H2,1H3,(H2,20,23,25,26). The van der Waals surface area contributed by atoms with Crippen LogP contribution in [0, 0.1) is 6.92 Å². The van der Waals surface area contributed by atoms with Crippen LogP contribution in [0.3, 0.4) is 0 Å². The van der Waals surface area contributed by atoms with Crippen LogP contribution in [-0.2, 0) is 17.0 Å². The molecule has 0 atom stereocenters. The van der Waals surface area contributed by atoms with Gasteiger partial charge in [0.05, 0.1) is 6.42 Å². The van der Waals surface area contributed by atoms with Gasteiger partial charge in [0.2, 0.25) is 11.1 Å². The van der Waals surface area contributed by atoms with Crippen LogP contribution in [-0.4, -0.2) is 25.9 Å². The quantitative estimate of drug-likeness (QED) is 0.492. The lowest BCUT2D eigenvalue weighted by atomic mass is 10.1. The van der Waals surface area contributed by atoms with Crippen molar-refractivity contribution in [2.45, 2.75) is 24.3 Å². The molecule has 2 aromatic carbocycles. The number of thiocarbonyl (C=S) groups is 1. The Morgan fingerprint density at radius 3 is 2.33 bits per heavy atom. The lowest BCUT2D eigenvalue weighted by Gasteiger charge is -2.13. The molecule has 0 aliphatic heterocycles. The van der Waals surface area contributed by atoms with Gasteiger partial charge in [-0.15, -0.1) is 10.2 Å². The summed E-state index contributed by atoms with van der Waals surface area (Å²) in [6, 6.07) is 19.6. The van der Waals surface area contributed by atoms with Crippen LogP contribution in [0.1, 0.15) is 17.0 Å². The second-order valence-electron chi connectivity index (χ2n) is 5.79. The Balaban J connectivity index is 1.57. The van der Waals surface area contributed by atoms with Gasteiger partial charge < -0.3 is 5.32 Å². The molecule has 1 heterocycles. The first-order chi connectivity index (χ1) is 13.1. The van der Waals surface area contributed by atoms with Crippen LogP contribution < -0.4 is 10.7 Å². The molecule has 0 saturated heterocycles. The van der Waals surface area contributed by atoms with E-state index in [0.29, 0.717) is 11.0 Å².